The van der Waals surface area contributed by atoms with E-state index in [1.807, 2.05) is 12.1 Å². The summed E-state index contributed by atoms with van der Waals surface area (Å²) in [5, 5.41) is 22.3. The Morgan fingerprint density at radius 3 is 2.15 bits per heavy atom. The Kier molecular flexibility index (Phi) is 5.99. The minimum absolute atomic E-state index is 0.0928. The lowest BCUT2D eigenvalue weighted by Crippen LogP contribution is -2.29. The molecule has 8 nitrogen and oxygen atoms in total. The molecule has 1 aliphatic rings. The van der Waals surface area contributed by atoms with Gasteiger partial charge in [0.15, 0.2) is 5.76 Å². The van der Waals surface area contributed by atoms with Crippen molar-refractivity contribution in [3.8, 4) is 11.5 Å². The summed E-state index contributed by atoms with van der Waals surface area (Å²) in [4.78, 5) is 25.6. The monoisotopic (exact) mass is 446 g/mol. The van der Waals surface area contributed by atoms with Crippen LogP contribution in [-0.4, -0.2) is 35.1 Å². The first-order chi connectivity index (χ1) is 15.9. The van der Waals surface area contributed by atoms with Gasteiger partial charge in [-0.05, 0) is 41.0 Å². The summed E-state index contributed by atoms with van der Waals surface area (Å²) in [6, 6.07) is 19.6. The molecule has 8 heteroatoms. The van der Waals surface area contributed by atoms with Gasteiger partial charge in [0.05, 0.1) is 25.2 Å². The molecular formula is C25H22N2O6. The van der Waals surface area contributed by atoms with E-state index in [0.717, 1.165) is 5.56 Å². The first-order valence-electron chi connectivity index (χ1n) is 10.2. The zero-order valence-electron chi connectivity index (χ0n) is 18.1. The number of nitro groups is 1. The Morgan fingerprint density at radius 2 is 1.58 bits per heavy atom. The van der Waals surface area contributed by atoms with E-state index in [1.165, 1.54) is 17.0 Å². The van der Waals surface area contributed by atoms with Gasteiger partial charge in [-0.2, -0.15) is 0 Å². The average molecular weight is 446 g/mol. The topological polar surface area (TPSA) is 102 Å². The van der Waals surface area contributed by atoms with Crippen LogP contribution >= 0.6 is 0 Å². The third-order valence-electron chi connectivity index (χ3n) is 5.61. The molecule has 1 aliphatic heterocycles. The van der Waals surface area contributed by atoms with Crippen LogP contribution in [-0.2, 0) is 11.3 Å². The van der Waals surface area contributed by atoms with Crippen molar-refractivity contribution in [1.82, 2.24) is 4.90 Å². The number of methoxy groups -OCH3 is 2. The summed E-state index contributed by atoms with van der Waals surface area (Å²) in [6.07, 6.45) is 0. The molecular weight excluding hydrogens is 424 g/mol. The molecule has 0 spiro atoms. The number of nitro benzene ring substituents is 1. The number of rotatable bonds is 7. The summed E-state index contributed by atoms with van der Waals surface area (Å²) in [5.41, 5.74) is 2.26. The average Bonchev–Trinajstić information content (AvgIpc) is 3.09. The predicted molar refractivity (Wildman–Crippen MR) is 122 cm³/mol. The van der Waals surface area contributed by atoms with Gasteiger partial charge in [0.2, 0.25) is 0 Å². The van der Waals surface area contributed by atoms with Crippen LogP contribution in [0.15, 0.2) is 78.6 Å². The van der Waals surface area contributed by atoms with Crippen molar-refractivity contribution >= 4 is 17.2 Å². The second kappa shape index (κ2) is 9.04. The summed E-state index contributed by atoms with van der Waals surface area (Å²) in [5.74, 6) is 0.380. The number of carbonyl (C=O) groups is 1. The van der Waals surface area contributed by atoms with Gasteiger partial charge in [-0.15, -0.1) is 0 Å². The van der Waals surface area contributed by atoms with Crippen LogP contribution in [0.1, 0.15) is 22.7 Å². The molecule has 0 fully saturated rings. The number of benzene rings is 3. The van der Waals surface area contributed by atoms with Crippen LogP contribution in [0.3, 0.4) is 0 Å². The van der Waals surface area contributed by atoms with Crippen LogP contribution in [0, 0.1) is 10.1 Å². The predicted octanol–water partition coefficient (Wildman–Crippen LogP) is 4.66. The van der Waals surface area contributed by atoms with Crippen molar-refractivity contribution in [3.05, 3.63) is 105 Å². The molecule has 0 aromatic heterocycles. The highest BCUT2D eigenvalue weighted by Crippen LogP contribution is 2.44. The van der Waals surface area contributed by atoms with E-state index in [9.17, 15) is 20.0 Å². The van der Waals surface area contributed by atoms with E-state index in [2.05, 4.69) is 0 Å². The van der Waals surface area contributed by atoms with Gasteiger partial charge in [0.1, 0.15) is 11.5 Å². The molecule has 1 heterocycles. The van der Waals surface area contributed by atoms with Crippen molar-refractivity contribution in [3.63, 3.8) is 0 Å². The maximum Gasteiger partial charge on any atom is 0.290 e. The van der Waals surface area contributed by atoms with Crippen LogP contribution in [0.2, 0.25) is 0 Å². The highest BCUT2D eigenvalue weighted by atomic mass is 16.6. The maximum absolute atomic E-state index is 13.2. The fourth-order valence-corrected chi connectivity index (χ4v) is 3.96. The molecule has 4 rings (SSSR count). The number of aliphatic hydroxyl groups is 1. The number of hydrogen-bond acceptors (Lipinski definition) is 6. The SMILES string of the molecule is COc1ccc(CN2C(=O)C(O)=C(c3ccc(OC)cc3)[C@H]2c2cccc([N+](=O)[O-])c2)cc1. The molecule has 0 saturated heterocycles. The fraction of sp³-hybridized carbons (Fsp3) is 0.160. The first kappa shape index (κ1) is 21.9. The Labute approximate surface area is 190 Å². The van der Waals surface area contributed by atoms with Crippen molar-refractivity contribution < 1.29 is 24.3 Å². The molecule has 0 radical (unpaired) electrons. The third kappa shape index (κ3) is 4.23. The van der Waals surface area contributed by atoms with Crippen LogP contribution in [0.5, 0.6) is 11.5 Å². The Morgan fingerprint density at radius 1 is 0.970 bits per heavy atom. The molecule has 168 valence electrons. The number of aliphatic hydroxyl groups excluding tert-OH is 1. The van der Waals surface area contributed by atoms with Gasteiger partial charge in [-0.3, -0.25) is 14.9 Å². The van der Waals surface area contributed by atoms with Crippen molar-refractivity contribution in [2.75, 3.05) is 14.2 Å². The number of non-ortho nitro benzene ring substituents is 1. The van der Waals surface area contributed by atoms with Crippen molar-refractivity contribution in [1.29, 1.82) is 0 Å². The largest absolute Gasteiger partial charge is 0.503 e. The minimum atomic E-state index is -0.715. The quantitative estimate of drug-likeness (QED) is 0.418. The Bertz CT molecular complexity index is 1220. The Balaban J connectivity index is 1.80. The number of nitrogens with zero attached hydrogens (tertiary/aromatic N) is 2. The smallest absolute Gasteiger partial charge is 0.290 e. The molecule has 0 bridgehead atoms. The molecule has 0 aliphatic carbocycles. The summed E-state index contributed by atoms with van der Waals surface area (Å²) < 4.78 is 10.4. The molecule has 33 heavy (non-hydrogen) atoms. The van der Waals surface area contributed by atoms with Gasteiger partial charge in [-0.25, -0.2) is 0 Å². The second-order valence-electron chi connectivity index (χ2n) is 7.53. The van der Waals surface area contributed by atoms with Gasteiger partial charge < -0.3 is 19.5 Å². The standard InChI is InChI=1S/C25H22N2O6/c1-32-20-10-6-16(7-11-20)15-26-23(18-4-3-5-19(14-18)27(30)31)22(24(28)25(26)29)17-8-12-21(33-2)13-9-17/h3-14,23,28H,15H2,1-2H3/t23-/m1/s1. The lowest BCUT2D eigenvalue weighted by Gasteiger charge is -2.27. The summed E-state index contributed by atoms with van der Waals surface area (Å²) >= 11 is 0. The highest BCUT2D eigenvalue weighted by molar-refractivity contribution is 6.05. The highest BCUT2D eigenvalue weighted by Gasteiger charge is 2.41. The molecule has 0 unspecified atom stereocenters. The maximum atomic E-state index is 13.2. The molecule has 3 aromatic rings. The lowest BCUT2D eigenvalue weighted by molar-refractivity contribution is -0.384. The van der Waals surface area contributed by atoms with E-state index in [4.69, 9.17) is 9.47 Å². The Hall–Kier alpha value is -4.33. The van der Waals surface area contributed by atoms with E-state index >= 15 is 0 Å². The van der Waals surface area contributed by atoms with Gasteiger partial charge >= 0.3 is 0 Å². The van der Waals surface area contributed by atoms with E-state index in [-0.39, 0.29) is 18.0 Å². The molecule has 3 aromatic carbocycles. The van der Waals surface area contributed by atoms with Gasteiger partial charge in [0.25, 0.3) is 11.6 Å². The normalized spacial score (nSPS) is 15.6. The summed E-state index contributed by atoms with van der Waals surface area (Å²) in [6.45, 7) is 0.194. The molecule has 1 atom stereocenters. The molecule has 0 saturated carbocycles. The van der Waals surface area contributed by atoms with Gasteiger partial charge in [-0.1, -0.05) is 36.4 Å². The van der Waals surface area contributed by atoms with Crippen molar-refractivity contribution in [2.24, 2.45) is 0 Å². The van der Waals surface area contributed by atoms with Crippen LogP contribution in [0.25, 0.3) is 5.57 Å². The first-order valence-corrected chi connectivity index (χ1v) is 10.2. The zero-order valence-corrected chi connectivity index (χ0v) is 18.1. The number of ether oxygens (including phenoxy) is 2. The molecule has 1 N–H and O–H groups in total. The lowest BCUT2D eigenvalue weighted by atomic mass is 9.93. The van der Waals surface area contributed by atoms with Crippen LogP contribution in [0.4, 0.5) is 5.69 Å². The summed E-state index contributed by atoms with van der Waals surface area (Å²) in [7, 11) is 3.12. The second-order valence-corrected chi connectivity index (χ2v) is 7.53. The van der Waals surface area contributed by atoms with Crippen LogP contribution < -0.4 is 9.47 Å². The van der Waals surface area contributed by atoms with E-state index in [0.29, 0.717) is 28.2 Å². The van der Waals surface area contributed by atoms with Crippen molar-refractivity contribution in [2.45, 2.75) is 12.6 Å². The fourth-order valence-electron chi connectivity index (χ4n) is 3.96. The van der Waals surface area contributed by atoms with Gasteiger partial charge in [0, 0.05) is 24.3 Å². The number of hydrogen-bond donors (Lipinski definition) is 1. The van der Waals surface area contributed by atoms with E-state index < -0.39 is 16.9 Å². The molecule has 1 amide bonds. The number of carbonyl (C=O) groups excluding carboxylic acids is 1. The zero-order chi connectivity index (χ0) is 23.5. The minimum Gasteiger partial charge on any atom is -0.503 e. The number of amides is 1. The third-order valence-corrected chi connectivity index (χ3v) is 5.61. The van der Waals surface area contributed by atoms with E-state index in [1.54, 1.807) is 62.8 Å².